The topological polar surface area (TPSA) is 94.6 Å². The Kier molecular flexibility index (Phi) is 5.60. The van der Waals surface area contributed by atoms with Crippen LogP contribution >= 0.6 is 0 Å². The average molecular weight is 433 g/mol. The van der Waals surface area contributed by atoms with Crippen LogP contribution in [0, 0.1) is 16.7 Å². The predicted molar refractivity (Wildman–Crippen MR) is 122 cm³/mol. The van der Waals surface area contributed by atoms with Crippen molar-refractivity contribution in [2.24, 2.45) is 11.1 Å². The molecule has 1 aliphatic carbocycles. The van der Waals surface area contributed by atoms with Crippen molar-refractivity contribution in [1.29, 1.82) is 5.26 Å². The van der Waals surface area contributed by atoms with Gasteiger partial charge in [-0.2, -0.15) is 5.26 Å². The summed E-state index contributed by atoms with van der Waals surface area (Å²) in [5.41, 5.74) is 7.46. The highest BCUT2D eigenvalue weighted by atomic mass is 16.5. The summed E-state index contributed by atoms with van der Waals surface area (Å²) < 4.78 is 17.6. The maximum Gasteiger partial charge on any atom is 0.205 e. The van der Waals surface area contributed by atoms with Gasteiger partial charge in [0.2, 0.25) is 5.88 Å². The quantitative estimate of drug-likeness (QED) is 0.707. The van der Waals surface area contributed by atoms with Crippen LogP contribution in [0.3, 0.4) is 0 Å². The van der Waals surface area contributed by atoms with Crippen LogP contribution in [-0.2, 0) is 9.53 Å². The van der Waals surface area contributed by atoms with Gasteiger partial charge in [0.1, 0.15) is 28.9 Å². The number of allylic oxidation sites excluding steroid dienone is 3. The summed E-state index contributed by atoms with van der Waals surface area (Å²) in [5, 5.41) is 11.9. The number of ether oxygens (including phenoxy) is 3. The van der Waals surface area contributed by atoms with E-state index >= 15 is 0 Å². The summed E-state index contributed by atoms with van der Waals surface area (Å²) >= 11 is 0. The lowest BCUT2D eigenvalue weighted by Crippen LogP contribution is -2.33. The maximum absolute atomic E-state index is 13.4. The number of rotatable bonds is 5. The number of carbonyl (C=O) groups is 1. The number of nitrogens with two attached hydrogens (primary N) is 1. The SMILES string of the molecule is CCOc1ccc2ccc(OCC)c([C@H]3C(C#N)=C(N)OC4=C3C(=O)CC(C)(C)C4)c2c1. The van der Waals surface area contributed by atoms with E-state index in [2.05, 4.69) is 6.07 Å². The number of ketones is 1. The van der Waals surface area contributed by atoms with Crippen molar-refractivity contribution in [3.05, 3.63) is 58.7 Å². The number of nitriles is 1. The Balaban J connectivity index is 2.05. The molecule has 0 spiro atoms. The normalized spacial score (nSPS) is 20.0. The second-order valence-corrected chi connectivity index (χ2v) is 8.93. The molecule has 2 aliphatic rings. The second-order valence-electron chi connectivity index (χ2n) is 8.93. The molecule has 0 saturated carbocycles. The first-order valence-electron chi connectivity index (χ1n) is 11.0. The molecule has 1 heterocycles. The molecular formula is C26H28N2O4. The lowest BCUT2D eigenvalue weighted by molar-refractivity contribution is -0.119. The standard InChI is InChI=1S/C26H28N2O4/c1-5-30-16-9-7-15-8-10-20(31-6-2)22(17(15)11-16)23-18(14-27)25(28)32-21-13-26(3,4)12-19(29)24(21)23/h7-11,23H,5-6,12-13,28H2,1-4H3/t23-/m1/s1. The van der Waals surface area contributed by atoms with Crippen LogP contribution in [0.5, 0.6) is 11.5 Å². The van der Waals surface area contributed by atoms with Gasteiger partial charge in [-0.15, -0.1) is 0 Å². The fourth-order valence-corrected chi connectivity index (χ4v) is 4.71. The van der Waals surface area contributed by atoms with Gasteiger partial charge in [-0.1, -0.05) is 26.0 Å². The fraction of sp³-hybridized carbons (Fsp3) is 0.385. The second kappa shape index (κ2) is 8.23. The maximum atomic E-state index is 13.4. The minimum atomic E-state index is -0.658. The van der Waals surface area contributed by atoms with Gasteiger partial charge in [-0.05, 0) is 48.2 Å². The summed E-state index contributed by atoms with van der Waals surface area (Å²) in [6, 6.07) is 11.9. The summed E-state index contributed by atoms with van der Waals surface area (Å²) in [4.78, 5) is 13.4. The van der Waals surface area contributed by atoms with E-state index in [1.165, 1.54) is 0 Å². The van der Waals surface area contributed by atoms with E-state index in [0.717, 1.165) is 16.3 Å². The zero-order valence-electron chi connectivity index (χ0n) is 19.0. The van der Waals surface area contributed by atoms with E-state index in [4.69, 9.17) is 19.9 Å². The molecule has 4 rings (SSSR count). The van der Waals surface area contributed by atoms with Crippen molar-refractivity contribution in [3.63, 3.8) is 0 Å². The number of benzene rings is 2. The number of Topliss-reactive ketones (excluding diaryl/α,β-unsaturated/α-hetero) is 1. The van der Waals surface area contributed by atoms with Crippen LogP contribution in [0.1, 0.15) is 52.0 Å². The molecule has 0 aromatic heterocycles. The predicted octanol–water partition coefficient (Wildman–Crippen LogP) is 5.09. The molecular weight excluding hydrogens is 404 g/mol. The van der Waals surface area contributed by atoms with Crippen molar-refractivity contribution in [1.82, 2.24) is 0 Å². The Labute approximate surface area is 188 Å². The number of nitrogens with zero attached hydrogens (tertiary/aromatic N) is 1. The van der Waals surface area contributed by atoms with Gasteiger partial charge in [0.05, 0.1) is 19.1 Å². The highest BCUT2D eigenvalue weighted by molar-refractivity contribution is 6.02. The van der Waals surface area contributed by atoms with Crippen molar-refractivity contribution in [2.75, 3.05) is 13.2 Å². The third-order valence-corrected chi connectivity index (χ3v) is 5.97. The van der Waals surface area contributed by atoms with Crippen LogP contribution in [0.4, 0.5) is 0 Å². The fourth-order valence-electron chi connectivity index (χ4n) is 4.71. The molecule has 1 aliphatic heterocycles. The summed E-state index contributed by atoms with van der Waals surface area (Å²) in [6.07, 6.45) is 0.951. The third kappa shape index (κ3) is 3.69. The molecule has 166 valence electrons. The Bertz CT molecular complexity index is 1200. The molecule has 6 nitrogen and oxygen atoms in total. The third-order valence-electron chi connectivity index (χ3n) is 5.97. The monoisotopic (exact) mass is 432 g/mol. The van der Waals surface area contributed by atoms with Crippen molar-refractivity contribution in [2.45, 2.75) is 46.5 Å². The van der Waals surface area contributed by atoms with Crippen molar-refractivity contribution < 1.29 is 19.0 Å². The lowest BCUT2D eigenvalue weighted by atomic mass is 9.69. The zero-order valence-corrected chi connectivity index (χ0v) is 19.0. The van der Waals surface area contributed by atoms with Gasteiger partial charge < -0.3 is 19.9 Å². The number of carbonyl (C=O) groups excluding carboxylic acids is 1. The molecule has 2 N–H and O–H groups in total. The first kappa shape index (κ1) is 21.8. The molecule has 2 aromatic carbocycles. The van der Waals surface area contributed by atoms with Gasteiger partial charge in [0.25, 0.3) is 0 Å². The van der Waals surface area contributed by atoms with Gasteiger partial charge in [-0.25, -0.2) is 0 Å². The summed E-state index contributed by atoms with van der Waals surface area (Å²) in [5.74, 6) is 1.24. The molecule has 0 fully saturated rings. The summed E-state index contributed by atoms with van der Waals surface area (Å²) in [7, 11) is 0. The Morgan fingerprint density at radius 2 is 1.88 bits per heavy atom. The number of hydrogen-bond donors (Lipinski definition) is 1. The molecule has 1 atom stereocenters. The molecule has 0 saturated heterocycles. The van der Waals surface area contributed by atoms with E-state index in [1.807, 2.05) is 58.0 Å². The first-order valence-corrected chi connectivity index (χ1v) is 11.0. The molecule has 0 bridgehead atoms. The van der Waals surface area contributed by atoms with Gasteiger partial charge in [0.15, 0.2) is 5.78 Å². The number of fused-ring (bicyclic) bond motifs is 1. The Morgan fingerprint density at radius 1 is 1.16 bits per heavy atom. The minimum absolute atomic E-state index is 0.0260. The van der Waals surface area contributed by atoms with Gasteiger partial charge in [-0.3, -0.25) is 4.79 Å². The van der Waals surface area contributed by atoms with Crippen LogP contribution in [0.15, 0.2) is 53.1 Å². The van der Waals surface area contributed by atoms with E-state index in [1.54, 1.807) is 0 Å². The van der Waals surface area contributed by atoms with Gasteiger partial charge in [0, 0.05) is 24.0 Å². The Hall–Kier alpha value is -3.46. The molecule has 0 radical (unpaired) electrons. The van der Waals surface area contributed by atoms with Crippen molar-refractivity contribution in [3.8, 4) is 17.6 Å². The Morgan fingerprint density at radius 3 is 2.56 bits per heavy atom. The average Bonchev–Trinajstić information content (AvgIpc) is 2.72. The number of hydrogen-bond acceptors (Lipinski definition) is 6. The molecule has 0 amide bonds. The minimum Gasteiger partial charge on any atom is -0.494 e. The first-order chi connectivity index (χ1) is 15.3. The molecule has 0 unspecified atom stereocenters. The van der Waals surface area contributed by atoms with E-state index in [-0.39, 0.29) is 22.7 Å². The van der Waals surface area contributed by atoms with E-state index < -0.39 is 5.92 Å². The molecule has 2 aromatic rings. The van der Waals surface area contributed by atoms with Gasteiger partial charge >= 0.3 is 0 Å². The van der Waals surface area contributed by atoms with Crippen LogP contribution in [0.2, 0.25) is 0 Å². The smallest absolute Gasteiger partial charge is 0.205 e. The van der Waals surface area contributed by atoms with Crippen LogP contribution in [-0.4, -0.2) is 19.0 Å². The summed E-state index contributed by atoms with van der Waals surface area (Å²) in [6.45, 7) is 8.87. The van der Waals surface area contributed by atoms with Crippen molar-refractivity contribution >= 4 is 16.6 Å². The van der Waals surface area contributed by atoms with E-state index in [9.17, 15) is 10.1 Å². The van der Waals surface area contributed by atoms with Crippen LogP contribution < -0.4 is 15.2 Å². The zero-order chi connectivity index (χ0) is 23.0. The van der Waals surface area contributed by atoms with Crippen LogP contribution in [0.25, 0.3) is 10.8 Å². The lowest BCUT2D eigenvalue weighted by Gasteiger charge is -2.37. The molecule has 32 heavy (non-hydrogen) atoms. The molecule has 6 heteroatoms. The largest absolute Gasteiger partial charge is 0.494 e. The highest BCUT2D eigenvalue weighted by Gasteiger charge is 2.44. The highest BCUT2D eigenvalue weighted by Crippen LogP contribution is 2.51. The van der Waals surface area contributed by atoms with E-state index in [0.29, 0.717) is 48.9 Å².